The normalized spacial score (nSPS) is 20.1. The summed E-state index contributed by atoms with van der Waals surface area (Å²) in [6, 6.07) is 26.6. The molecule has 0 heterocycles. The van der Waals surface area contributed by atoms with Gasteiger partial charge in [-0.1, -0.05) is 99.3 Å². The van der Waals surface area contributed by atoms with Gasteiger partial charge in [0, 0.05) is 0 Å². The first-order valence-electron chi connectivity index (χ1n) is 11.6. The Morgan fingerprint density at radius 2 is 1.30 bits per heavy atom. The first-order valence-corrected chi connectivity index (χ1v) is 11.6. The topological polar surface area (TPSA) is 0 Å². The molecule has 3 aromatic carbocycles. The molecule has 1 fully saturated rings. The van der Waals surface area contributed by atoms with Crippen LogP contribution in [0.15, 0.2) is 78.9 Å². The molecule has 0 aliphatic heterocycles. The van der Waals surface area contributed by atoms with Gasteiger partial charge in [0.05, 0.1) is 0 Å². The largest absolute Gasteiger partial charge is 0.207 e. The van der Waals surface area contributed by atoms with Gasteiger partial charge >= 0.3 is 0 Å². The van der Waals surface area contributed by atoms with Crippen LogP contribution in [-0.2, 0) is 6.42 Å². The Kier molecular flexibility index (Phi) is 7.00. The van der Waals surface area contributed by atoms with E-state index in [0.29, 0.717) is 5.92 Å². The molecule has 0 bridgehead atoms. The average molecular weight is 401 g/mol. The Hall–Kier alpha value is -2.41. The summed E-state index contributed by atoms with van der Waals surface area (Å²) in [5.41, 5.74) is 5.14. The van der Waals surface area contributed by atoms with Crippen molar-refractivity contribution in [3.8, 4) is 11.1 Å². The van der Waals surface area contributed by atoms with Crippen LogP contribution in [0.3, 0.4) is 0 Å². The fraction of sp³-hybridized carbons (Fsp3) is 0.379. The van der Waals surface area contributed by atoms with Gasteiger partial charge in [0.25, 0.3) is 0 Å². The van der Waals surface area contributed by atoms with Gasteiger partial charge in [-0.15, -0.1) is 0 Å². The van der Waals surface area contributed by atoms with Crippen LogP contribution in [0.1, 0.15) is 62.5 Å². The molecule has 1 heteroatoms. The second-order valence-corrected chi connectivity index (χ2v) is 9.18. The molecule has 3 aromatic rings. The van der Waals surface area contributed by atoms with Crippen molar-refractivity contribution in [2.45, 2.75) is 57.8 Å². The molecule has 156 valence electrons. The van der Waals surface area contributed by atoms with Gasteiger partial charge in [-0.05, 0) is 71.4 Å². The van der Waals surface area contributed by atoms with Crippen molar-refractivity contribution in [1.82, 2.24) is 0 Å². The van der Waals surface area contributed by atoms with Crippen molar-refractivity contribution in [2.75, 3.05) is 0 Å². The lowest BCUT2D eigenvalue weighted by atomic mass is 9.75. The average Bonchev–Trinajstić information content (AvgIpc) is 2.80. The highest BCUT2D eigenvalue weighted by Crippen LogP contribution is 2.37. The van der Waals surface area contributed by atoms with E-state index in [0.717, 1.165) is 23.0 Å². The third-order valence-corrected chi connectivity index (χ3v) is 6.99. The van der Waals surface area contributed by atoms with E-state index in [1.54, 1.807) is 0 Å². The van der Waals surface area contributed by atoms with Gasteiger partial charge in [-0.25, -0.2) is 4.39 Å². The first kappa shape index (κ1) is 20.8. The Labute approximate surface area is 181 Å². The van der Waals surface area contributed by atoms with Crippen LogP contribution in [0.5, 0.6) is 0 Å². The fourth-order valence-corrected chi connectivity index (χ4v) is 5.05. The molecular weight excluding hydrogens is 367 g/mol. The molecule has 0 unspecified atom stereocenters. The molecule has 1 saturated carbocycles. The summed E-state index contributed by atoms with van der Waals surface area (Å²) < 4.78 is 13.1. The predicted molar refractivity (Wildman–Crippen MR) is 125 cm³/mol. The van der Waals surface area contributed by atoms with Gasteiger partial charge in [0.2, 0.25) is 0 Å². The van der Waals surface area contributed by atoms with Crippen molar-refractivity contribution in [2.24, 2.45) is 11.8 Å². The molecule has 1 aliphatic rings. The third kappa shape index (κ3) is 5.59. The molecule has 4 rings (SSSR count). The van der Waals surface area contributed by atoms with Gasteiger partial charge in [0.1, 0.15) is 5.82 Å². The van der Waals surface area contributed by atoms with E-state index in [1.807, 2.05) is 12.1 Å². The van der Waals surface area contributed by atoms with E-state index in [2.05, 4.69) is 61.5 Å². The second-order valence-electron chi connectivity index (χ2n) is 9.18. The van der Waals surface area contributed by atoms with Crippen molar-refractivity contribution < 1.29 is 4.39 Å². The van der Waals surface area contributed by atoms with Crippen molar-refractivity contribution in [3.05, 3.63) is 95.8 Å². The van der Waals surface area contributed by atoms with E-state index in [9.17, 15) is 4.39 Å². The lowest BCUT2D eigenvalue weighted by Crippen LogP contribution is -2.16. The number of halogens is 1. The summed E-state index contributed by atoms with van der Waals surface area (Å²) in [7, 11) is 0. The highest BCUT2D eigenvalue weighted by atomic mass is 19.1. The van der Waals surface area contributed by atoms with Crippen LogP contribution in [-0.4, -0.2) is 0 Å². The van der Waals surface area contributed by atoms with Crippen LogP contribution in [0.2, 0.25) is 0 Å². The highest BCUT2D eigenvalue weighted by molar-refractivity contribution is 5.63. The second kappa shape index (κ2) is 10.1. The lowest BCUT2D eigenvalue weighted by molar-refractivity contribution is 0.245. The van der Waals surface area contributed by atoms with Crippen molar-refractivity contribution in [3.63, 3.8) is 0 Å². The van der Waals surface area contributed by atoms with Crippen molar-refractivity contribution >= 4 is 0 Å². The molecule has 1 aliphatic carbocycles. The third-order valence-electron chi connectivity index (χ3n) is 6.99. The van der Waals surface area contributed by atoms with Gasteiger partial charge in [0.15, 0.2) is 0 Å². The molecule has 0 radical (unpaired) electrons. The van der Waals surface area contributed by atoms with E-state index in [4.69, 9.17) is 0 Å². The standard InChI is InChI=1S/C29H33F/c1-22(26-5-3-2-4-6-26)21-25-11-9-23(10-12-25)7-8-24-13-15-27(16-14-24)28-17-19-29(30)20-18-28/h2-6,13-20,22-23,25H,7-12,21H2,1H3/t22-,23?,25?/m0/s1. The molecule has 0 aromatic heterocycles. The lowest BCUT2D eigenvalue weighted by Gasteiger charge is -2.30. The zero-order valence-corrected chi connectivity index (χ0v) is 18.1. The maximum Gasteiger partial charge on any atom is 0.123 e. The molecule has 0 N–H and O–H groups in total. The maximum atomic E-state index is 13.1. The molecule has 0 saturated heterocycles. The smallest absolute Gasteiger partial charge is 0.123 e. The molecule has 30 heavy (non-hydrogen) atoms. The van der Waals surface area contributed by atoms with Gasteiger partial charge in [-0.3, -0.25) is 0 Å². The molecule has 0 nitrogen and oxygen atoms in total. The molecule has 0 spiro atoms. The first-order chi connectivity index (χ1) is 14.7. The molecular formula is C29H33F. The van der Waals surface area contributed by atoms with E-state index >= 15 is 0 Å². The fourth-order valence-electron chi connectivity index (χ4n) is 5.05. The van der Waals surface area contributed by atoms with Crippen LogP contribution >= 0.6 is 0 Å². The van der Waals surface area contributed by atoms with Crippen LogP contribution in [0.4, 0.5) is 4.39 Å². The Morgan fingerprint density at radius 3 is 1.93 bits per heavy atom. The van der Waals surface area contributed by atoms with Crippen LogP contribution in [0, 0.1) is 17.7 Å². The summed E-state index contributed by atoms with van der Waals surface area (Å²) >= 11 is 0. The Morgan fingerprint density at radius 1 is 0.733 bits per heavy atom. The monoisotopic (exact) mass is 400 g/mol. The highest BCUT2D eigenvalue weighted by Gasteiger charge is 2.23. The van der Waals surface area contributed by atoms with Crippen LogP contribution < -0.4 is 0 Å². The summed E-state index contributed by atoms with van der Waals surface area (Å²) in [4.78, 5) is 0. The summed E-state index contributed by atoms with van der Waals surface area (Å²) in [6.45, 7) is 2.39. The minimum atomic E-state index is -0.181. The summed E-state index contributed by atoms with van der Waals surface area (Å²) in [5, 5.41) is 0. The zero-order chi connectivity index (χ0) is 20.8. The number of benzene rings is 3. The van der Waals surface area contributed by atoms with Crippen LogP contribution in [0.25, 0.3) is 11.1 Å². The number of aryl methyl sites for hydroxylation is 1. The quantitative estimate of drug-likeness (QED) is 0.373. The summed E-state index contributed by atoms with van der Waals surface area (Å²) in [5.74, 6) is 2.27. The minimum absolute atomic E-state index is 0.181. The maximum absolute atomic E-state index is 13.1. The number of rotatable bonds is 7. The molecule has 1 atom stereocenters. The molecule has 0 amide bonds. The Balaban J connectivity index is 1.21. The minimum Gasteiger partial charge on any atom is -0.207 e. The SMILES string of the molecule is C[C@@H](CC1CCC(CCc2ccc(-c3ccc(F)cc3)cc2)CC1)c1ccccc1. The Bertz CT molecular complexity index is 887. The van der Waals surface area contributed by atoms with E-state index in [-0.39, 0.29) is 5.82 Å². The van der Waals surface area contributed by atoms with E-state index in [1.165, 1.54) is 68.2 Å². The van der Waals surface area contributed by atoms with E-state index < -0.39 is 0 Å². The zero-order valence-electron chi connectivity index (χ0n) is 18.1. The number of hydrogen-bond acceptors (Lipinski definition) is 0. The van der Waals surface area contributed by atoms with Gasteiger partial charge in [-0.2, -0.15) is 0 Å². The van der Waals surface area contributed by atoms with Crippen molar-refractivity contribution in [1.29, 1.82) is 0 Å². The van der Waals surface area contributed by atoms with Gasteiger partial charge < -0.3 is 0 Å². The number of hydrogen-bond donors (Lipinski definition) is 0. The summed E-state index contributed by atoms with van der Waals surface area (Å²) in [6.07, 6.45) is 9.37. The predicted octanol–water partition coefficient (Wildman–Crippen LogP) is 8.43.